The molecule has 0 saturated carbocycles. The second-order valence-corrected chi connectivity index (χ2v) is 5.96. The van der Waals surface area contributed by atoms with Gasteiger partial charge in [-0.05, 0) is 37.5 Å². The van der Waals surface area contributed by atoms with Crippen molar-refractivity contribution in [3.63, 3.8) is 0 Å². The van der Waals surface area contributed by atoms with E-state index in [1.807, 2.05) is 41.3 Å². The average Bonchev–Trinajstić information content (AvgIpc) is 2.89. The predicted octanol–water partition coefficient (Wildman–Crippen LogP) is 3.32. The van der Waals surface area contributed by atoms with Gasteiger partial charge >= 0.3 is 0 Å². The van der Waals surface area contributed by atoms with E-state index in [4.69, 9.17) is 0 Å². The highest BCUT2D eigenvalue weighted by Crippen LogP contribution is 2.31. The quantitative estimate of drug-likeness (QED) is 0.938. The number of nitrogens with zero attached hydrogens (tertiary/aromatic N) is 1. The summed E-state index contributed by atoms with van der Waals surface area (Å²) in [5.74, 6) is 0.139. The summed E-state index contributed by atoms with van der Waals surface area (Å²) in [6, 6.07) is 18.8. The number of fused-ring (bicyclic) bond motifs is 1. The van der Waals surface area contributed by atoms with E-state index < -0.39 is 0 Å². The summed E-state index contributed by atoms with van der Waals surface area (Å²) in [7, 11) is 0. The van der Waals surface area contributed by atoms with E-state index in [0.717, 1.165) is 12.1 Å². The molecule has 1 aliphatic rings. The number of amides is 1. The van der Waals surface area contributed by atoms with Crippen LogP contribution in [-0.2, 0) is 11.2 Å². The topological polar surface area (TPSA) is 32.3 Å². The molecular weight excluding hydrogens is 272 g/mol. The van der Waals surface area contributed by atoms with E-state index in [2.05, 4.69) is 37.4 Å². The fourth-order valence-corrected chi connectivity index (χ4v) is 3.13. The van der Waals surface area contributed by atoms with Crippen molar-refractivity contribution in [3.8, 4) is 0 Å². The number of hydrogen-bond acceptors (Lipinski definition) is 2. The van der Waals surface area contributed by atoms with Gasteiger partial charge in [-0.15, -0.1) is 0 Å². The first-order chi connectivity index (χ1) is 10.7. The Bertz CT molecular complexity index is 653. The Labute approximate surface area is 132 Å². The average molecular weight is 294 g/mol. The van der Waals surface area contributed by atoms with Gasteiger partial charge in [0.05, 0.1) is 6.54 Å². The highest BCUT2D eigenvalue weighted by Gasteiger charge is 2.30. The first-order valence-corrected chi connectivity index (χ1v) is 7.85. The minimum atomic E-state index is 0.139. The molecule has 0 saturated heterocycles. The molecular formula is C19H22N2O. The van der Waals surface area contributed by atoms with Gasteiger partial charge in [0.1, 0.15) is 0 Å². The third-order valence-electron chi connectivity index (χ3n) is 4.33. The Morgan fingerprint density at radius 1 is 1.18 bits per heavy atom. The molecule has 1 amide bonds. The van der Waals surface area contributed by atoms with E-state index >= 15 is 0 Å². The number of nitrogens with one attached hydrogen (secondary N) is 1. The van der Waals surface area contributed by atoms with Crippen molar-refractivity contribution in [2.45, 2.75) is 32.4 Å². The molecule has 2 atom stereocenters. The van der Waals surface area contributed by atoms with Crippen LogP contribution in [0.3, 0.4) is 0 Å². The molecule has 3 nitrogen and oxygen atoms in total. The molecule has 114 valence electrons. The third-order valence-corrected chi connectivity index (χ3v) is 4.33. The lowest BCUT2D eigenvalue weighted by atomic mass is 10.1. The van der Waals surface area contributed by atoms with Gasteiger partial charge in [0.2, 0.25) is 5.91 Å². The SMILES string of the molecule is C[C@H](NCC(=O)N1c2ccccc2C[C@@H]1C)c1ccccc1. The molecule has 1 aliphatic heterocycles. The van der Waals surface area contributed by atoms with Crippen molar-refractivity contribution in [1.29, 1.82) is 0 Å². The Balaban J connectivity index is 1.65. The summed E-state index contributed by atoms with van der Waals surface area (Å²) >= 11 is 0. The maximum absolute atomic E-state index is 12.6. The van der Waals surface area contributed by atoms with Crippen LogP contribution >= 0.6 is 0 Å². The third kappa shape index (κ3) is 2.90. The van der Waals surface area contributed by atoms with E-state index in [1.54, 1.807) is 0 Å². The van der Waals surface area contributed by atoms with Crippen LogP contribution in [0, 0.1) is 0 Å². The monoisotopic (exact) mass is 294 g/mol. The standard InChI is InChI=1S/C19H22N2O/c1-14-12-17-10-6-7-11-18(17)21(14)19(22)13-20-15(2)16-8-4-3-5-9-16/h3-11,14-15,20H,12-13H2,1-2H3/t14-,15-/m0/s1. The fourth-order valence-electron chi connectivity index (χ4n) is 3.13. The zero-order valence-corrected chi connectivity index (χ0v) is 13.1. The molecule has 0 unspecified atom stereocenters. The maximum Gasteiger partial charge on any atom is 0.241 e. The minimum absolute atomic E-state index is 0.139. The zero-order valence-electron chi connectivity index (χ0n) is 13.1. The summed E-state index contributed by atoms with van der Waals surface area (Å²) in [6.07, 6.45) is 0.941. The number of hydrogen-bond donors (Lipinski definition) is 1. The van der Waals surface area contributed by atoms with Crippen molar-refractivity contribution < 1.29 is 4.79 Å². The molecule has 0 bridgehead atoms. The molecule has 0 aliphatic carbocycles. The van der Waals surface area contributed by atoms with Crippen LogP contribution in [0.2, 0.25) is 0 Å². The first-order valence-electron chi connectivity index (χ1n) is 7.85. The zero-order chi connectivity index (χ0) is 15.5. The second-order valence-electron chi connectivity index (χ2n) is 5.96. The number of benzene rings is 2. The number of rotatable bonds is 4. The van der Waals surface area contributed by atoms with Crippen LogP contribution in [-0.4, -0.2) is 18.5 Å². The molecule has 3 rings (SSSR count). The van der Waals surface area contributed by atoms with Crippen LogP contribution in [0.4, 0.5) is 5.69 Å². The van der Waals surface area contributed by atoms with Gasteiger partial charge < -0.3 is 10.2 Å². The minimum Gasteiger partial charge on any atom is -0.308 e. The Morgan fingerprint density at radius 3 is 2.64 bits per heavy atom. The second kappa shape index (κ2) is 6.32. The predicted molar refractivity (Wildman–Crippen MR) is 90.0 cm³/mol. The van der Waals surface area contributed by atoms with Crippen molar-refractivity contribution in [2.24, 2.45) is 0 Å². The lowest BCUT2D eigenvalue weighted by Crippen LogP contribution is -2.42. The summed E-state index contributed by atoms with van der Waals surface area (Å²) in [5, 5.41) is 3.34. The summed E-state index contributed by atoms with van der Waals surface area (Å²) in [5.41, 5.74) is 3.53. The van der Waals surface area contributed by atoms with Gasteiger partial charge in [-0.1, -0.05) is 48.5 Å². The van der Waals surface area contributed by atoms with E-state index in [1.165, 1.54) is 11.1 Å². The van der Waals surface area contributed by atoms with Crippen molar-refractivity contribution in [3.05, 3.63) is 65.7 Å². The molecule has 22 heavy (non-hydrogen) atoms. The van der Waals surface area contributed by atoms with Gasteiger partial charge in [0.25, 0.3) is 0 Å². The van der Waals surface area contributed by atoms with Gasteiger partial charge in [-0.3, -0.25) is 4.79 Å². The van der Waals surface area contributed by atoms with Gasteiger partial charge in [-0.25, -0.2) is 0 Å². The first kappa shape index (κ1) is 14.8. The van der Waals surface area contributed by atoms with Gasteiger partial charge in [0.15, 0.2) is 0 Å². The summed E-state index contributed by atoms with van der Waals surface area (Å²) in [6.45, 7) is 4.55. The van der Waals surface area contributed by atoms with Crippen molar-refractivity contribution in [1.82, 2.24) is 5.32 Å². The summed E-state index contributed by atoms with van der Waals surface area (Å²) < 4.78 is 0. The molecule has 0 spiro atoms. The largest absolute Gasteiger partial charge is 0.308 e. The van der Waals surface area contributed by atoms with E-state index in [-0.39, 0.29) is 18.0 Å². The maximum atomic E-state index is 12.6. The lowest BCUT2D eigenvalue weighted by Gasteiger charge is -2.24. The molecule has 0 radical (unpaired) electrons. The molecule has 2 aromatic carbocycles. The molecule has 2 aromatic rings. The van der Waals surface area contributed by atoms with Crippen molar-refractivity contribution >= 4 is 11.6 Å². The van der Waals surface area contributed by atoms with Crippen LogP contribution in [0.1, 0.15) is 31.0 Å². The van der Waals surface area contributed by atoms with Crippen LogP contribution in [0.25, 0.3) is 0 Å². The summed E-state index contributed by atoms with van der Waals surface area (Å²) in [4.78, 5) is 14.5. The number of carbonyl (C=O) groups is 1. The number of anilines is 1. The number of carbonyl (C=O) groups excluding carboxylic acids is 1. The van der Waals surface area contributed by atoms with Crippen LogP contribution in [0.15, 0.2) is 54.6 Å². The van der Waals surface area contributed by atoms with E-state index in [9.17, 15) is 4.79 Å². The number of para-hydroxylation sites is 1. The van der Waals surface area contributed by atoms with E-state index in [0.29, 0.717) is 6.54 Å². The Hall–Kier alpha value is -2.13. The van der Waals surface area contributed by atoms with Crippen molar-refractivity contribution in [2.75, 3.05) is 11.4 Å². The Morgan fingerprint density at radius 2 is 1.86 bits per heavy atom. The van der Waals surface area contributed by atoms with Crippen LogP contribution < -0.4 is 10.2 Å². The molecule has 1 N–H and O–H groups in total. The molecule has 0 aromatic heterocycles. The highest BCUT2D eigenvalue weighted by molar-refractivity contribution is 5.97. The van der Waals surface area contributed by atoms with Crippen LogP contribution in [0.5, 0.6) is 0 Å². The lowest BCUT2D eigenvalue weighted by molar-refractivity contribution is -0.118. The highest BCUT2D eigenvalue weighted by atomic mass is 16.2. The molecule has 1 heterocycles. The van der Waals surface area contributed by atoms with Gasteiger partial charge in [-0.2, -0.15) is 0 Å². The fraction of sp³-hybridized carbons (Fsp3) is 0.316. The smallest absolute Gasteiger partial charge is 0.241 e. The molecule has 0 fully saturated rings. The Kier molecular flexibility index (Phi) is 4.25. The normalized spacial score (nSPS) is 18.1. The van der Waals surface area contributed by atoms with Gasteiger partial charge in [0, 0.05) is 17.8 Å². The molecule has 3 heteroatoms.